The Balaban J connectivity index is 2.62. The molecule has 0 unspecified atom stereocenters. The second-order valence-corrected chi connectivity index (χ2v) is 3.83. The third-order valence-corrected chi connectivity index (χ3v) is 2.59. The monoisotopic (exact) mass is 263 g/mol. The van der Waals surface area contributed by atoms with Crippen LogP contribution in [-0.2, 0) is 9.53 Å². The Morgan fingerprint density at radius 3 is 2.53 bits per heavy atom. The first-order chi connectivity index (χ1) is 9.06. The summed E-state index contributed by atoms with van der Waals surface area (Å²) < 4.78 is 14.9. The Hall–Kier alpha value is -2.50. The van der Waals surface area contributed by atoms with Crippen LogP contribution in [0, 0.1) is 0 Å². The summed E-state index contributed by atoms with van der Waals surface area (Å²) in [5.74, 6) is -0.271. The van der Waals surface area contributed by atoms with Crippen molar-refractivity contribution in [2.45, 2.75) is 6.92 Å². The second kappa shape index (κ2) is 5.01. The van der Waals surface area contributed by atoms with E-state index in [0.29, 0.717) is 16.7 Å². The quantitative estimate of drug-likeness (QED) is 0.675. The van der Waals surface area contributed by atoms with Gasteiger partial charge in [0.25, 0.3) is 0 Å². The maximum atomic E-state index is 11.5. The van der Waals surface area contributed by atoms with Crippen LogP contribution in [0.5, 0.6) is 11.5 Å². The van der Waals surface area contributed by atoms with Crippen LogP contribution in [0.4, 0.5) is 0 Å². The molecule has 19 heavy (non-hydrogen) atoms. The van der Waals surface area contributed by atoms with Crippen molar-refractivity contribution >= 4 is 22.8 Å². The Kier molecular flexibility index (Phi) is 3.41. The van der Waals surface area contributed by atoms with Gasteiger partial charge in [-0.25, -0.2) is 4.79 Å². The number of esters is 2. The van der Waals surface area contributed by atoms with Gasteiger partial charge in [0.1, 0.15) is 5.69 Å². The number of hydrogen-bond donors (Lipinski definition) is 1. The molecule has 1 aromatic heterocycles. The molecule has 2 aromatic rings. The second-order valence-electron chi connectivity index (χ2n) is 3.83. The Bertz CT molecular complexity index is 644. The van der Waals surface area contributed by atoms with Gasteiger partial charge in [-0.05, 0) is 18.2 Å². The zero-order valence-electron chi connectivity index (χ0n) is 10.8. The van der Waals surface area contributed by atoms with E-state index >= 15 is 0 Å². The van der Waals surface area contributed by atoms with Gasteiger partial charge in [0, 0.05) is 12.3 Å². The van der Waals surface area contributed by atoms with E-state index in [2.05, 4.69) is 9.72 Å². The molecular weight excluding hydrogens is 250 g/mol. The molecule has 0 atom stereocenters. The van der Waals surface area contributed by atoms with Gasteiger partial charge >= 0.3 is 11.9 Å². The number of methoxy groups -OCH3 is 2. The molecule has 0 fully saturated rings. The summed E-state index contributed by atoms with van der Waals surface area (Å²) in [5, 5.41) is 0.579. The molecule has 1 N–H and O–H groups in total. The van der Waals surface area contributed by atoms with Crippen LogP contribution < -0.4 is 9.47 Å². The summed E-state index contributed by atoms with van der Waals surface area (Å²) in [6, 6.07) is 4.94. The van der Waals surface area contributed by atoms with Crippen LogP contribution in [0.2, 0.25) is 0 Å². The molecule has 2 rings (SSSR count). The lowest BCUT2D eigenvalue weighted by Gasteiger charge is -2.08. The number of aromatic nitrogens is 1. The van der Waals surface area contributed by atoms with Crippen molar-refractivity contribution in [3.05, 3.63) is 23.9 Å². The summed E-state index contributed by atoms with van der Waals surface area (Å²) in [6.07, 6.45) is 0. The van der Waals surface area contributed by atoms with Gasteiger partial charge in [-0.3, -0.25) is 4.79 Å². The van der Waals surface area contributed by atoms with Crippen molar-refractivity contribution in [2.24, 2.45) is 0 Å². The van der Waals surface area contributed by atoms with E-state index in [0.717, 1.165) is 0 Å². The van der Waals surface area contributed by atoms with Gasteiger partial charge < -0.3 is 19.2 Å². The van der Waals surface area contributed by atoms with Crippen LogP contribution in [0.15, 0.2) is 18.2 Å². The van der Waals surface area contributed by atoms with Crippen molar-refractivity contribution in [1.82, 2.24) is 4.98 Å². The van der Waals surface area contributed by atoms with Gasteiger partial charge in [0.15, 0.2) is 11.5 Å². The van der Waals surface area contributed by atoms with Crippen LogP contribution in [0.1, 0.15) is 17.4 Å². The number of ether oxygens (including phenoxy) is 3. The smallest absolute Gasteiger partial charge is 0.354 e. The van der Waals surface area contributed by atoms with Crippen molar-refractivity contribution in [3.8, 4) is 11.5 Å². The number of fused-ring (bicyclic) bond motifs is 1. The first-order valence-electron chi connectivity index (χ1n) is 5.53. The van der Waals surface area contributed by atoms with Crippen molar-refractivity contribution in [3.63, 3.8) is 0 Å². The number of hydrogen-bond acceptors (Lipinski definition) is 5. The maximum absolute atomic E-state index is 11.5. The molecule has 0 aliphatic heterocycles. The Labute approximate surface area is 109 Å². The molecule has 0 saturated heterocycles. The molecule has 0 aliphatic carbocycles. The molecule has 0 aliphatic rings. The topological polar surface area (TPSA) is 77.6 Å². The normalized spacial score (nSPS) is 10.3. The number of nitrogens with one attached hydrogen (secondary N) is 1. The molecule has 0 bridgehead atoms. The predicted octanol–water partition coefficient (Wildman–Crippen LogP) is 1.89. The fourth-order valence-electron chi connectivity index (χ4n) is 1.79. The number of benzene rings is 1. The third kappa shape index (κ3) is 2.37. The fourth-order valence-corrected chi connectivity index (χ4v) is 1.79. The van der Waals surface area contributed by atoms with Gasteiger partial charge in [-0.1, -0.05) is 0 Å². The van der Waals surface area contributed by atoms with Crippen LogP contribution in [-0.4, -0.2) is 31.1 Å². The first kappa shape index (κ1) is 12.9. The van der Waals surface area contributed by atoms with Gasteiger partial charge in [-0.2, -0.15) is 0 Å². The molecule has 0 amide bonds. The lowest BCUT2D eigenvalue weighted by molar-refractivity contribution is -0.131. The van der Waals surface area contributed by atoms with E-state index in [9.17, 15) is 9.59 Å². The average molecular weight is 263 g/mol. The van der Waals surface area contributed by atoms with Crippen LogP contribution >= 0.6 is 0 Å². The third-order valence-electron chi connectivity index (χ3n) is 2.59. The van der Waals surface area contributed by atoms with Crippen molar-refractivity contribution < 1.29 is 23.8 Å². The summed E-state index contributed by atoms with van der Waals surface area (Å²) in [6.45, 7) is 1.30. The molecule has 0 spiro atoms. The molecule has 100 valence electrons. The van der Waals surface area contributed by atoms with Crippen LogP contribution in [0.25, 0.3) is 10.9 Å². The number of aromatic amines is 1. The van der Waals surface area contributed by atoms with E-state index in [1.54, 1.807) is 18.2 Å². The van der Waals surface area contributed by atoms with Crippen LogP contribution in [0.3, 0.4) is 0 Å². The van der Waals surface area contributed by atoms with E-state index in [4.69, 9.17) is 9.47 Å². The highest BCUT2D eigenvalue weighted by molar-refractivity contribution is 5.98. The molecule has 1 heterocycles. The first-order valence-corrected chi connectivity index (χ1v) is 5.53. The minimum atomic E-state index is -0.496. The van der Waals surface area contributed by atoms with Gasteiger partial charge in [0.2, 0.25) is 0 Å². The molecule has 1 aromatic carbocycles. The Morgan fingerprint density at radius 1 is 1.21 bits per heavy atom. The summed E-state index contributed by atoms with van der Waals surface area (Å²) >= 11 is 0. The van der Waals surface area contributed by atoms with Gasteiger partial charge in [-0.15, -0.1) is 0 Å². The molecule has 6 heteroatoms. The summed E-state index contributed by atoms with van der Waals surface area (Å²) in [4.78, 5) is 25.5. The summed E-state index contributed by atoms with van der Waals surface area (Å²) in [7, 11) is 2.77. The molecule has 0 radical (unpaired) electrons. The lowest BCUT2D eigenvalue weighted by atomic mass is 10.2. The Morgan fingerprint density at radius 2 is 1.95 bits per heavy atom. The average Bonchev–Trinajstić information content (AvgIpc) is 2.82. The highest BCUT2D eigenvalue weighted by atomic mass is 16.6. The van der Waals surface area contributed by atoms with E-state index < -0.39 is 11.9 Å². The number of carbonyl (C=O) groups excluding carboxylic acids is 2. The standard InChI is InChI=1S/C13H13NO5/c1-7(15)19-12-8-6-10(13(16)18-3)14-9(8)4-5-11(12)17-2/h4-6,14H,1-3H3. The molecular formula is C13H13NO5. The van der Waals surface area contributed by atoms with Gasteiger partial charge in [0.05, 0.1) is 19.7 Å². The molecule has 6 nitrogen and oxygen atoms in total. The van der Waals surface area contributed by atoms with E-state index in [-0.39, 0.29) is 11.4 Å². The van der Waals surface area contributed by atoms with Crippen molar-refractivity contribution in [2.75, 3.05) is 14.2 Å². The minimum absolute atomic E-state index is 0.277. The van der Waals surface area contributed by atoms with Crippen molar-refractivity contribution in [1.29, 1.82) is 0 Å². The number of H-pyrrole nitrogens is 1. The largest absolute Gasteiger partial charge is 0.493 e. The zero-order chi connectivity index (χ0) is 14.0. The van der Waals surface area contributed by atoms with E-state index in [1.807, 2.05) is 0 Å². The predicted molar refractivity (Wildman–Crippen MR) is 67.5 cm³/mol. The summed E-state index contributed by atoms with van der Waals surface area (Å²) in [5.41, 5.74) is 0.927. The van der Waals surface area contributed by atoms with E-state index in [1.165, 1.54) is 21.1 Å². The highest BCUT2D eigenvalue weighted by Crippen LogP contribution is 2.36. The maximum Gasteiger partial charge on any atom is 0.354 e. The number of carbonyl (C=O) groups is 2. The SMILES string of the molecule is COC(=O)c1cc2c(OC(C)=O)c(OC)ccc2[nH]1. The zero-order valence-corrected chi connectivity index (χ0v) is 10.8. The molecule has 0 saturated carbocycles. The fraction of sp³-hybridized carbons (Fsp3) is 0.231. The minimum Gasteiger partial charge on any atom is -0.493 e. The lowest BCUT2D eigenvalue weighted by Crippen LogP contribution is -2.03. The highest BCUT2D eigenvalue weighted by Gasteiger charge is 2.17. The number of rotatable bonds is 3.